The molecule has 1 aliphatic heterocycles. The average Bonchev–Trinajstić information content (AvgIpc) is 2.90. The second-order valence-corrected chi connectivity index (χ2v) is 6.38. The summed E-state index contributed by atoms with van der Waals surface area (Å²) in [5.74, 6) is -3.12. The Morgan fingerprint density at radius 2 is 1.82 bits per heavy atom. The molecule has 0 spiro atoms. The molecular weight excluding hydrogens is 388 g/mol. The number of fused-ring (bicyclic) bond motifs is 1. The lowest BCUT2D eigenvalue weighted by Gasteiger charge is -2.12. The molecular formula is C19H14ClN2O6-. The van der Waals surface area contributed by atoms with Gasteiger partial charge in [-0.3, -0.25) is 19.3 Å². The van der Waals surface area contributed by atoms with E-state index in [1.54, 1.807) is 0 Å². The average molecular weight is 402 g/mol. The summed E-state index contributed by atoms with van der Waals surface area (Å²) in [6.45, 7) is 0.293. The largest absolute Gasteiger partial charge is 0.545 e. The first-order chi connectivity index (χ1) is 13.3. The van der Waals surface area contributed by atoms with Crippen LogP contribution >= 0.6 is 11.6 Å². The van der Waals surface area contributed by atoms with E-state index in [9.17, 15) is 24.3 Å². The summed E-state index contributed by atoms with van der Waals surface area (Å²) in [6, 6.07) is 7.90. The summed E-state index contributed by atoms with van der Waals surface area (Å²) < 4.78 is 4.89. The van der Waals surface area contributed by atoms with E-state index in [1.165, 1.54) is 43.5 Å². The molecule has 0 saturated heterocycles. The fourth-order valence-corrected chi connectivity index (χ4v) is 2.98. The Labute approximate surface area is 164 Å². The van der Waals surface area contributed by atoms with E-state index in [0.29, 0.717) is 0 Å². The van der Waals surface area contributed by atoms with E-state index in [4.69, 9.17) is 16.3 Å². The third-order valence-corrected chi connectivity index (χ3v) is 4.44. The van der Waals surface area contributed by atoms with Crippen molar-refractivity contribution >= 4 is 41.0 Å². The number of aromatic carboxylic acids is 1. The van der Waals surface area contributed by atoms with Gasteiger partial charge in [-0.25, -0.2) is 0 Å². The van der Waals surface area contributed by atoms with E-state index < -0.39 is 23.7 Å². The first kappa shape index (κ1) is 19.5. The SMILES string of the molecule is COCCN1C(=O)c2ccc(C(=O)Nc3cc(Cl)ccc3C(=O)[O-])cc2C1=O. The predicted molar refractivity (Wildman–Crippen MR) is 97.4 cm³/mol. The van der Waals surface area contributed by atoms with Gasteiger partial charge in [0.05, 0.1) is 35.9 Å². The number of amides is 3. The van der Waals surface area contributed by atoms with Gasteiger partial charge >= 0.3 is 0 Å². The number of carboxylic acid groups (broad SMARTS) is 1. The molecule has 0 saturated carbocycles. The number of anilines is 1. The minimum absolute atomic E-state index is 0.0397. The van der Waals surface area contributed by atoms with Crippen molar-refractivity contribution in [2.75, 3.05) is 25.6 Å². The van der Waals surface area contributed by atoms with Crippen molar-refractivity contribution in [1.29, 1.82) is 0 Å². The van der Waals surface area contributed by atoms with Gasteiger partial charge in [-0.05, 0) is 36.4 Å². The monoisotopic (exact) mass is 401 g/mol. The van der Waals surface area contributed by atoms with Crippen LogP contribution in [0.15, 0.2) is 36.4 Å². The Balaban J connectivity index is 1.88. The molecule has 1 N–H and O–H groups in total. The number of hydrogen-bond acceptors (Lipinski definition) is 6. The maximum Gasteiger partial charge on any atom is 0.261 e. The smallest absolute Gasteiger partial charge is 0.261 e. The highest BCUT2D eigenvalue weighted by molar-refractivity contribution is 6.31. The zero-order valence-electron chi connectivity index (χ0n) is 14.7. The maximum absolute atomic E-state index is 12.5. The van der Waals surface area contributed by atoms with Gasteiger partial charge in [0.25, 0.3) is 17.7 Å². The van der Waals surface area contributed by atoms with Gasteiger partial charge in [0.2, 0.25) is 0 Å². The standard InChI is InChI=1S/C19H15ClN2O6/c1-28-7-6-22-17(24)12-4-2-10(8-14(12)18(22)25)16(23)21-15-9-11(20)3-5-13(15)19(26)27/h2-5,8-9H,6-7H2,1H3,(H,21,23)(H,26,27)/p-1. The maximum atomic E-state index is 12.5. The number of carbonyl (C=O) groups is 4. The molecule has 144 valence electrons. The fraction of sp³-hybridized carbons (Fsp3) is 0.158. The minimum atomic E-state index is -1.48. The number of nitrogens with one attached hydrogen (secondary N) is 1. The number of methoxy groups -OCH3 is 1. The highest BCUT2D eigenvalue weighted by Crippen LogP contribution is 2.25. The van der Waals surface area contributed by atoms with E-state index in [-0.39, 0.29) is 46.1 Å². The van der Waals surface area contributed by atoms with Crippen molar-refractivity contribution in [3.8, 4) is 0 Å². The number of nitrogens with zero attached hydrogens (tertiary/aromatic N) is 1. The molecule has 0 aromatic heterocycles. The second-order valence-electron chi connectivity index (χ2n) is 5.95. The lowest BCUT2D eigenvalue weighted by atomic mass is 10.0. The van der Waals surface area contributed by atoms with Crippen molar-refractivity contribution in [2.24, 2.45) is 0 Å². The van der Waals surface area contributed by atoms with Gasteiger partial charge in [-0.2, -0.15) is 0 Å². The molecule has 2 aromatic rings. The van der Waals surface area contributed by atoms with Crippen LogP contribution in [0.2, 0.25) is 5.02 Å². The van der Waals surface area contributed by atoms with Crippen molar-refractivity contribution in [3.05, 3.63) is 63.7 Å². The third-order valence-electron chi connectivity index (χ3n) is 4.20. The number of carbonyl (C=O) groups excluding carboxylic acids is 4. The summed E-state index contributed by atoms with van der Waals surface area (Å²) in [5.41, 5.74) is 0.0894. The quantitative estimate of drug-likeness (QED) is 0.727. The van der Waals surface area contributed by atoms with Crippen LogP contribution in [0.25, 0.3) is 0 Å². The Bertz CT molecular complexity index is 1000. The van der Waals surface area contributed by atoms with Crippen LogP contribution in [0.4, 0.5) is 5.69 Å². The third kappa shape index (κ3) is 3.60. The molecule has 0 bridgehead atoms. The zero-order chi connectivity index (χ0) is 20.4. The highest BCUT2D eigenvalue weighted by atomic mass is 35.5. The van der Waals surface area contributed by atoms with Crippen molar-refractivity contribution in [3.63, 3.8) is 0 Å². The molecule has 8 nitrogen and oxygen atoms in total. The topological polar surface area (TPSA) is 116 Å². The molecule has 1 heterocycles. The summed E-state index contributed by atoms with van der Waals surface area (Å²) in [4.78, 5) is 49.5. The van der Waals surface area contributed by atoms with E-state index in [2.05, 4.69) is 5.32 Å². The molecule has 0 fully saturated rings. The van der Waals surface area contributed by atoms with Crippen molar-refractivity contribution in [1.82, 2.24) is 4.90 Å². The second kappa shape index (κ2) is 7.79. The van der Waals surface area contributed by atoms with Gasteiger partial charge in [0, 0.05) is 23.3 Å². The van der Waals surface area contributed by atoms with E-state index >= 15 is 0 Å². The van der Waals surface area contributed by atoms with Gasteiger partial charge in [0.1, 0.15) is 0 Å². The molecule has 9 heteroatoms. The van der Waals surface area contributed by atoms with Crippen LogP contribution < -0.4 is 10.4 Å². The fourth-order valence-electron chi connectivity index (χ4n) is 2.81. The van der Waals surface area contributed by atoms with Crippen LogP contribution in [-0.2, 0) is 4.74 Å². The van der Waals surface area contributed by atoms with Crippen LogP contribution in [0.3, 0.4) is 0 Å². The molecule has 3 rings (SSSR count). The summed E-state index contributed by atoms with van der Waals surface area (Å²) in [5, 5.41) is 13.9. The highest BCUT2D eigenvalue weighted by Gasteiger charge is 2.35. The first-order valence-electron chi connectivity index (χ1n) is 8.15. The summed E-state index contributed by atoms with van der Waals surface area (Å²) >= 11 is 5.86. The molecule has 2 aromatic carbocycles. The van der Waals surface area contributed by atoms with Crippen LogP contribution in [-0.4, -0.2) is 48.9 Å². The Morgan fingerprint density at radius 1 is 1.11 bits per heavy atom. The van der Waals surface area contributed by atoms with Gasteiger partial charge < -0.3 is 20.0 Å². The molecule has 0 unspecified atom stereocenters. The molecule has 28 heavy (non-hydrogen) atoms. The number of rotatable bonds is 6. The summed E-state index contributed by atoms with van der Waals surface area (Å²) in [7, 11) is 1.46. The Kier molecular flexibility index (Phi) is 5.43. The van der Waals surface area contributed by atoms with Gasteiger partial charge in [0.15, 0.2) is 0 Å². The van der Waals surface area contributed by atoms with Crippen molar-refractivity contribution < 1.29 is 29.0 Å². The molecule has 3 amide bonds. The number of halogens is 1. The van der Waals surface area contributed by atoms with E-state index in [1.807, 2.05) is 0 Å². The van der Waals surface area contributed by atoms with Crippen molar-refractivity contribution in [2.45, 2.75) is 0 Å². The van der Waals surface area contributed by atoms with Crippen LogP contribution in [0.1, 0.15) is 41.4 Å². The van der Waals surface area contributed by atoms with Gasteiger partial charge in [-0.15, -0.1) is 0 Å². The number of imide groups is 1. The number of benzene rings is 2. The lowest BCUT2D eigenvalue weighted by molar-refractivity contribution is -0.254. The number of ether oxygens (including phenoxy) is 1. The Morgan fingerprint density at radius 3 is 2.50 bits per heavy atom. The molecule has 0 radical (unpaired) electrons. The lowest BCUT2D eigenvalue weighted by Crippen LogP contribution is -2.32. The van der Waals surface area contributed by atoms with Crippen LogP contribution in [0, 0.1) is 0 Å². The number of carboxylic acids is 1. The predicted octanol–water partition coefficient (Wildman–Crippen LogP) is 1.20. The molecule has 0 aliphatic carbocycles. The minimum Gasteiger partial charge on any atom is -0.545 e. The molecule has 0 atom stereocenters. The first-order valence-corrected chi connectivity index (χ1v) is 8.52. The van der Waals surface area contributed by atoms with Gasteiger partial charge in [-0.1, -0.05) is 11.6 Å². The van der Waals surface area contributed by atoms with Crippen LogP contribution in [0.5, 0.6) is 0 Å². The summed E-state index contributed by atoms with van der Waals surface area (Å²) in [6.07, 6.45) is 0. The Hall–Kier alpha value is -3.23. The number of hydrogen-bond donors (Lipinski definition) is 1. The zero-order valence-corrected chi connectivity index (χ0v) is 15.4. The van der Waals surface area contributed by atoms with E-state index in [0.717, 1.165) is 4.90 Å². The normalized spacial score (nSPS) is 12.9. The molecule has 1 aliphatic rings.